The largest absolute Gasteiger partial charge is 0.469 e. The topological polar surface area (TPSA) is 104 Å². The first-order valence-electron chi connectivity index (χ1n) is 8.50. The third-order valence-corrected chi connectivity index (χ3v) is 5.82. The van der Waals surface area contributed by atoms with Gasteiger partial charge in [0.05, 0.1) is 17.4 Å². The lowest BCUT2D eigenvalue weighted by Gasteiger charge is -2.13. The van der Waals surface area contributed by atoms with Gasteiger partial charge in [-0.1, -0.05) is 11.6 Å². The number of carbonyl (C=O) groups is 2. The number of hydrogen-bond donors (Lipinski definition) is 1. The van der Waals surface area contributed by atoms with E-state index in [1.165, 1.54) is 11.7 Å². The summed E-state index contributed by atoms with van der Waals surface area (Å²) in [4.78, 5) is 41.7. The maximum Gasteiger partial charge on any atom is 0.305 e. The summed E-state index contributed by atoms with van der Waals surface area (Å²) >= 11 is 7.07. The molecule has 0 atom stereocenters. The quantitative estimate of drug-likeness (QED) is 0.618. The van der Waals surface area contributed by atoms with Gasteiger partial charge in [-0.15, -0.1) is 11.3 Å². The van der Waals surface area contributed by atoms with Crippen LogP contribution in [0.4, 0.5) is 0 Å². The highest BCUT2D eigenvalue weighted by Gasteiger charge is 2.21. The van der Waals surface area contributed by atoms with E-state index in [1.807, 2.05) is 0 Å². The highest BCUT2D eigenvalue weighted by molar-refractivity contribution is 7.20. The van der Waals surface area contributed by atoms with Crippen LogP contribution in [-0.2, 0) is 16.1 Å². The van der Waals surface area contributed by atoms with Crippen LogP contribution >= 0.6 is 22.9 Å². The Bertz CT molecular complexity index is 1120. The van der Waals surface area contributed by atoms with E-state index in [2.05, 4.69) is 9.72 Å². The van der Waals surface area contributed by atoms with Crippen LogP contribution in [0.5, 0.6) is 0 Å². The minimum Gasteiger partial charge on any atom is -0.469 e. The number of benzene rings is 1. The number of amides is 1. The summed E-state index contributed by atoms with van der Waals surface area (Å²) in [5, 5.41) is 0.932. The number of carbonyl (C=O) groups excluding carboxylic acids is 2. The number of rotatable bonds is 6. The Morgan fingerprint density at radius 1 is 1.29 bits per heavy atom. The first-order chi connectivity index (χ1) is 13.3. The Morgan fingerprint density at radius 2 is 1.96 bits per heavy atom. The van der Waals surface area contributed by atoms with Crippen LogP contribution in [0.2, 0.25) is 5.02 Å². The number of thiophene rings is 1. The molecule has 0 radical (unpaired) electrons. The normalized spacial score (nSPS) is 11.0. The molecular weight excluding hydrogens is 402 g/mol. The number of nitrogens with zero attached hydrogens (tertiary/aromatic N) is 2. The third-order valence-electron chi connectivity index (χ3n) is 4.37. The van der Waals surface area contributed by atoms with Crippen molar-refractivity contribution in [2.45, 2.75) is 26.3 Å². The van der Waals surface area contributed by atoms with Gasteiger partial charge in [-0.25, -0.2) is 4.98 Å². The Kier molecular flexibility index (Phi) is 5.81. The molecule has 0 unspecified atom stereocenters. The summed E-state index contributed by atoms with van der Waals surface area (Å²) in [7, 11) is 1.32. The minimum atomic E-state index is -0.592. The Morgan fingerprint density at radius 3 is 2.57 bits per heavy atom. The molecule has 1 amide bonds. The molecule has 2 heterocycles. The highest BCUT2D eigenvalue weighted by atomic mass is 35.5. The van der Waals surface area contributed by atoms with Crippen LogP contribution in [0.25, 0.3) is 21.6 Å². The lowest BCUT2D eigenvalue weighted by atomic mass is 10.1. The number of methoxy groups -OCH3 is 1. The minimum absolute atomic E-state index is 0.177. The SMILES string of the molecule is COC(=O)CCCn1c(-c2ccc(Cl)cc2)nc2sc(C(N)=O)c(C)c2c1=O. The second-order valence-corrected chi connectivity index (χ2v) is 7.61. The van der Waals surface area contributed by atoms with Gasteiger partial charge in [-0.3, -0.25) is 19.0 Å². The lowest BCUT2D eigenvalue weighted by Crippen LogP contribution is -2.24. The van der Waals surface area contributed by atoms with Crippen molar-refractivity contribution >= 4 is 45.0 Å². The van der Waals surface area contributed by atoms with Crippen LogP contribution in [0, 0.1) is 6.92 Å². The maximum absolute atomic E-state index is 13.2. The summed E-state index contributed by atoms with van der Waals surface area (Å²) < 4.78 is 6.17. The van der Waals surface area contributed by atoms with Crippen molar-refractivity contribution in [3.05, 3.63) is 50.1 Å². The highest BCUT2D eigenvalue weighted by Crippen LogP contribution is 2.29. The van der Waals surface area contributed by atoms with Crippen molar-refractivity contribution < 1.29 is 14.3 Å². The molecule has 0 aliphatic heterocycles. The fourth-order valence-electron chi connectivity index (χ4n) is 2.96. The smallest absolute Gasteiger partial charge is 0.305 e. The Hall–Kier alpha value is -2.71. The molecule has 0 fully saturated rings. The second kappa shape index (κ2) is 8.12. The first kappa shape index (κ1) is 20.0. The molecule has 7 nitrogen and oxygen atoms in total. The number of nitrogens with two attached hydrogens (primary N) is 1. The van der Waals surface area contributed by atoms with E-state index in [4.69, 9.17) is 17.3 Å². The maximum atomic E-state index is 13.2. The van der Waals surface area contributed by atoms with Gasteiger partial charge in [0, 0.05) is 23.6 Å². The molecule has 9 heteroatoms. The number of fused-ring (bicyclic) bond motifs is 1. The molecule has 0 bridgehead atoms. The van der Waals surface area contributed by atoms with Crippen LogP contribution < -0.4 is 11.3 Å². The number of ether oxygens (including phenoxy) is 1. The predicted molar refractivity (Wildman–Crippen MR) is 109 cm³/mol. The fraction of sp³-hybridized carbons (Fsp3) is 0.263. The van der Waals surface area contributed by atoms with Crippen molar-refractivity contribution in [2.75, 3.05) is 7.11 Å². The molecule has 0 saturated carbocycles. The van der Waals surface area contributed by atoms with Crippen LogP contribution in [0.15, 0.2) is 29.1 Å². The first-order valence-corrected chi connectivity index (χ1v) is 9.69. The van der Waals surface area contributed by atoms with Crippen molar-refractivity contribution in [1.29, 1.82) is 0 Å². The average Bonchev–Trinajstić information content (AvgIpc) is 3.00. The Balaban J connectivity index is 2.18. The molecule has 0 aliphatic carbocycles. The van der Waals surface area contributed by atoms with Gasteiger partial charge < -0.3 is 10.5 Å². The van der Waals surface area contributed by atoms with Crippen LogP contribution in [0.3, 0.4) is 0 Å². The van der Waals surface area contributed by atoms with Gasteiger partial charge in [0.2, 0.25) is 0 Å². The molecule has 146 valence electrons. The molecule has 3 rings (SSSR count). The van der Waals surface area contributed by atoms with Gasteiger partial charge in [0.25, 0.3) is 11.5 Å². The zero-order chi connectivity index (χ0) is 20.4. The molecule has 28 heavy (non-hydrogen) atoms. The zero-order valence-corrected chi connectivity index (χ0v) is 16.9. The van der Waals surface area contributed by atoms with Gasteiger partial charge in [0.1, 0.15) is 10.7 Å². The van der Waals surface area contributed by atoms with Crippen LogP contribution in [-0.4, -0.2) is 28.5 Å². The molecular formula is C19H18ClN3O4S. The molecule has 0 saturated heterocycles. The number of halogens is 1. The number of primary amides is 1. The van der Waals surface area contributed by atoms with E-state index in [0.717, 1.165) is 11.3 Å². The van der Waals surface area contributed by atoms with Crippen molar-refractivity contribution in [3.63, 3.8) is 0 Å². The molecule has 3 aromatic rings. The van der Waals surface area contributed by atoms with E-state index in [1.54, 1.807) is 31.2 Å². The monoisotopic (exact) mass is 419 g/mol. The summed E-state index contributed by atoms with van der Waals surface area (Å²) in [5.41, 5.74) is 6.38. The van der Waals surface area contributed by atoms with E-state index in [9.17, 15) is 14.4 Å². The standard InChI is InChI=1S/C19H18ClN3O4S/c1-10-14-18(28-15(10)16(21)25)22-17(11-5-7-12(20)8-6-11)23(19(14)26)9-3-4-13(24)27-2/h5-8H,3-4,9H2,1-2H3,(H2,21,25). The zero-order valence-electron chi connectivity index (χ0n) is 15.3. The molecule has 0 aliphatic rings. The Labute approximate surface area is 169 Å². The average molecular weight is 420 g/mol. The molecule has 1 aromatic carbocycles. The van der Waals surface area contributed by atoms with E-state index < -0.39 is 5.91 Å². The van der Waals surface area contributed by atoms with Crippen molar-refractivity contribution in [1.82, 2.24) is 9.55 Å². The predicted octanol–water partition coefficient (Wildman–Crippen LogP) is 3.14. The van der Waals surface area contributed by atoms with Gasteiger partial charge in [0.15, 0.2) is 0 Å². The molecule has 0 spiro atoms. The third kappa shape index (κ3) is 3.79. The number of aryl methyl sites for hydroxylation is 1. The van der Waals surface area contributed by atoms with Gasteiger partial charge >= 0.3 is 5.97 Å². The van der Waals surface area contributed by atoms with Gasteiger partial charge in [-0.2, -0.15) is 0 Å². The second-order valence-electron chi connectivity index (χ2n) is 6.18. The summed E-state index contributed by atoms with van der Waals surface area (Å²) in [6, 6.07) is 6.95. The van der Waals surface area contributed by atoms with E-state index >= 15 is 0 Å². The number of hydrogen-bond acceptors (Lipinski definition) is 6. The summed E-state index contributed by atoms with van der Waals surface area (Å²) in [6.45, 7) is 1.96. The molecule has 2 aromatic heterocycles. The van der Waals surface area contributed by atoms with Crippen LogP contribution in [0.1, 0.15) is 28.1 Å². The van der Waals surface area contributed by atoms with E-state index in [0.29, 0.717) is 43.5 Å². The number of aromatic nitrogens is 2. The van der Waals surface area contributed by atoms with Crippen molar-refractivity contribution in [3.8, 4) is 11.4 Å². The van der Waals surface area contributed by atoms with Gasteiger partial charge in [-0.05, 0) is 43.2 Å². The summed E-state index contributed by atoms with van der Waals surface area (Å²) in [5.74, 6) is -0.501. The van der Waals surface area contributed by atoms with Crippen molar-refractivity contribution in [2.24, 2.45) is 5.73 Å². The summed E-state index contributed by atoms with van der Waals surface area (Å²) in [6.07, 6.45) is 0.586. The number of esters is 1. The lowest BCUT2D eigenvalue weighted by molar-refractivity contribution is -0.140. The molecule has 2 N–H and O–H groups in total. The fourth-order valence-corrected chi connectivity index (χ4v) is 4.11. The van der Waals surface area contributed by atoms with E-state index in [-0.39, 0.29) is 24.5 Å².